The summed E-state index contributed by atoms with van der Waals surface area (Å²) < 4.78 is 0. The Morgan fingerprint density at radius 2 is 1.00 bits per heavy atom. The molecule has 0 amide bonds. The summed E-state index contributed by atoms with van der Waals surface area (Å²) in [4.78, 5) is 8.75. The van der Waals surface area contributed by atoms with E-state index in [-0.39, 0.29) is 34.0 Å². The molecule has 2 aromatic carbocycles. The van der Waals surface area contributed by atoms with Crippen LogP contribution in [0.5, 0.6) is 0 Å². The van der Waals surface area contributed by atoms with Crippen molar-refractivity contribution in [1.82, 2.24) is 0 Å². The van der Waals surface area contributed by atoms with E-state index < -0.39 is 0 Å². The topological polar surface area (TPSA) is 76.8 Å². The van der Waals surface area contributed by atoms with Crippen molar-refractivity contribution >= 4 is 79.2 Å². The molecule has 27 heavy (non-hydrogen) atoms. The Bertz CT molecular complexity index is 623. The van der Waals surface area contributed by atoms with Crippen LogP contribution >= 0.6 is 57.5 Å². The molecule has 0 aliphatic heterocycles. The van der Waals surface area contributed by atoms with Gasteiger partial charge in [0.15, 0.2) is 10.3 Å². The van der Waals surface area contributed by atoms with Gasteiger partial charge >= 0.3 is 0 Å². The molecule has 0 aromatic heterocycles. The van der Waals surface area contributed by atoms with Crippen molar-refractivity contribution in [3.05, 3.63) is 60.7 Å². The molecule has 0 saturated heterocycles. The smallest absolute Gasteiger partial charge is 0.159 e. The fourth-order valence-electron chi connectivity index (χ4n) is 2.06. The normalized spacial score (nSPS) is 11.4. The highest BCUT2D eigenvalue weighted by Crippen LogP contribution is 2.16. The molecule has 4 nitrogen and oxygen atoms in total. The van der Waals surface area contributed by atoms with Gasteiger partial charge in [0, 0.05) is 11.5 Å². The lowest BCUT2D eigenvalue weighted by Gasteiger charge is -2.03. The molecule has 148 valence electrons. The molecule has 4 N–H and O–H groups in total. The number of benzene rings is 2. The molecule has 0 radical (unpaired) electrons. The van der Waals surface area contributed by atoms with Crippen molar-refractivity contribution < 1.29 is 0 Å². The fourth-order valence-corrected chi connectivity index (χ4v) is 3.51. The number of aliphatic imine (C=N–C) groups is 2. The third kappa shape index (κ3) is 12.2. The van der Waals surface area contributed by atoms with E-state index in [2.05, 4.69) is 9.98 Å². The number of unbranched alkanes of at least 4 members (excludes halogenated alkanes) is 2. The first kappa shape index (κ1) is 26.0. The van der Waals surface area contributed by atoms with Gasteiger partial charge in [0.05, 0.1) is 11.4 Å². The fraction of sp³-hybridized carbons (Fsp3) is 0.263. The third-order valence-electron chi connectivity index (χ3n) is 3.28. The SMILES string of the molecule is Br.Br.NC(=Nc1ccccc1)SCCCCCSC(N)=Nc1ccccc1. The quantitative estimate of drug-likeness (QED) is 0.245. The van der Waals surface area contributed by atoms with Crippen molar-refractivity contribution in [3.63, 3.8) is 0 Å². The summed E-state index contributed by atoms with van der Waals surface area (Å²) in [5.41, 5.74) is 13.7. The predicted octanol–water partition coefficient (Wildman–Crippen LogP) is 6.07. The molecule has 0 fully saturated rings. The van der Waals surface area contributed by atoms with Gasteiger partial charge in [0.2, 0.25) is 0 Å². The molecule has 0 unspecified atom stereocenters. The van der Waals surface area contributed by atoms with Crippen LogP contribution in [-0.4, -0.2) is 21.8 Å². The summed E-state index contributed by atoms with van der Waals surface area (Å²) in [6.07, 6.45) is 3.38. The van der Waals surface area contributed by atoms with Crippen molar-refractivity contribution in [2.24, 2.45) is 21.5 Å². The number of nitrogens with two attached hydrogens (primary N) is 2. The van der Waals surface area contributed by atoms with E-state index in [1.54, 1.807) is 23.5 Å². The average Bonchev–Trinajstić information content (AvgIpc) is 2.62. The molecule has 8 heteroatoms. The second kappa shape index (κ2) is 16.0. The van der Waals surface area contributed by atoms with E-state index in [4.69, 9.17) is 11.5 Å². The van der Waals surface area contributed by atoms with Crippen molar-refractivity contribution in [2.75, 3.05) is 11.5 Å². The van der Waals surface area contributed by atoms with E-state index in [0.29, 0.717) is 10.3 Å². The van der Waals surface area contributed by atoms with Gasteiger partial charge in [-0.25, -0.2) is 9.98 Å². The predicted molar refractivity (Wildman–Crippen MR) is 135 cm³/mol. The van der Waals surface area contributed by atoms with E-state index >= 15 is 0 Å². The number of amidine groups is 2. The number of hydrogen-bond acceptors (Lipinski definition) is 4. The first-order valence-corrected chi connectivity index (χ1v) is 10.2. The van der Waals surface area contributed by atoms with Crippen molar-refractivity contribution in [2.45, 2.75) is 19.3 Å². The van der Waals surface area contributed by atoms with Gasteiger partial charge in [-0.3, -0.25) is 0 Å². The first-order valence-electron chi connectivity index (χ1n) is 8.28. The van der Waals surface area contributed by atoms with Gasteiger partial charge in [-0.15, -0.1) is 34.0 Å². The lowest BCUT2D eigenvalue weighted by Crippen LogP contribution is -2.07. The van der Waals surface area contributed by atoms with Gasteiger partial charge in [-0.1, -0.05) is 66.3 Å². The minimum atomic E-state index is 0. The lowest BCUT2D eigenvalue weighted by molar-refractivity contribution is 0.787. The minimum absolute atomic E-state index is 0. The van der Waals surface area contributed by atoms with Gasteiger partial charge in [-0.05, 0) is 37.1 Å². The molecule has 0 spiro atoms. The molecule has 2 rings (SSSR count). The summed E-state index contributed by atoms with van der Waals surface area (Å²) in [7, 11) is 0. The van der Waals surface area contributed by atoms with E-state index in [0.717, 1.165) is 42.1 Å². The third-order valence-corrected chi connectivity index (χ3v) is 5.04. The molecule has 2 aromatic rings. The molecule has 0 heterocycles. The minimum Gasteiger partial charge on any atom is -0.378 e. The first-order chi connectivity index (χ1) is 12.2. The standard InChI is InChI=1S/C19H24N4S2.2BrH/c20-18(22-16-10-4-1-5-11-16)24-14-8-3-9-15-25-19(21)23-17-12-6-2-7-13-17;;/h1-2,4-7,10-13H,3,8-9,14-15H2,(H2,20,22)(H2,21,23);2*1H. The Labute approximate surface area is 191 Å². The second-order valence-electron chi connectivity index (χ2n) is 5.33. The number of para-hydroxylation sites is 2. The molecule has 0 saturated carbocycles. The van der Waals surface area contributed by atoms with Crippen LogP contribution in [0.15, 0.2) is 70.6 Å². The van der Waals surface area contributed by atoms with Crippen LogP contribution in [0.4, 0.5) is 11.4 Å². The molecule has 0 bridgehead atoms. The maximum atomic E-state index is 5.94. The van der Waals surface area contributed by atoms with Crippen LogP contribution in [0.2, 0.25) is 0 Å². The van der Waals surface area contributed by atoms with Gasteiger partial charge < -0.3 is 11.5 Å². The molecular formula is C19H26Br2N4S2. The highest BCUT2D eigenvalue weighted by Gasteiger charge is 1.98. The Balaban J connectivity index is 0.00000338. The number of hydrogen-bond donors (Lipinski definition) is 2. The maximum Gasteiger partial charge on any atom is 0.159 e. The Morgan fingerprint density at radius 3 is 1.37 bits per heavy atom. The monoisotopic (exact) mass is 532 g/mol. The Hall–Kier alpha value is -0.960. The van der Waals surface area contributed by atoms with Crippen LogP contribution in [0.3, 0.4) is 0 Å². The molecule has 0 aliphatic carbocycles. The lowest BCUT2D eigenvalue weighted by atomic mass is 10.3. The number of rotatable bonds is 8. The van der Waals surface area contributed by atoms with Gasteiger partial charge in [0.1, 0.15) is 0 Å². The van der Waals surface area contributed by atoms with E-state index in [1.165, 1.54) is 0 Å². The summed E-state index contributed by atoms with van der Waals surface area (Å²) in [5, 5.41) is 1.25. The van der Waals surface area contributed by atoms with Gasteiger partial charge in [-0.2, -0.15) is 0 Å². The van der Waals surface area contributed by atoms with Crippen LogP contribution in [0.1, 0.15) is 19.3 Å². The van der Waals surface area contributed by atoms with Crippen LogP contribution in [0.25, 0.3) is 0 Å². The van der Waals surface area contributed by atoms with Gasteiger partial charge in [0.25, 0.3) is 0 Å². The van der Waals surface area contributed by atoms with Crippen molar-refractivity contribution in [3.8, 4) is 0 Å². The van der Waals surface area contributed by atoms with E-state index in [9.17, 15) is 0 Å². The maximum absolute atomic E-state index is 5.94. The van der Waals surface area contributed by atoms with Crippen molar-refractivity contribution in [1.29, 1.82) is 0 Å². The zero-order valence-electron chi connectivity index (χ0n) is 15.0. The number of thioether (sulfide) groups is 2. The summed E-state index contributed by atoms with van der Waals surface area (Å²) in [6.45, 7) is 0. The molecule has 0 aliphatic rings. The summed E-state index contributed by atoms with van der Waals surface area (Å²) in [6, 6.07) is 19.6. The van der Waals surface area contributed by atoms with Crippen LogP contribution in [-0.2, 0) is 0 Å². The summed E-state index contributed by atoms with van der Waals surface area (Å²) in [5.74, 6) is 1.97. The van der Waals surface area contributed by atoms with E-state index in [1.807, 2.05) is 60.7 Å². The number of nitrogens with zero attached hydrogens (tertiary/aromatic N) is 2. The largest absolute Gasteiger partial charge is 0.378 e. The zero-order chi connectivity index (χ0) is 17.7. The Morgan fingerprint density at radius 1 is 0.630 bits per heavy atom. The Kier molecular flexibility index (Phi) is 15.5. The van der Waals surface area contributed by atoms with Crippen LogP contribution in [0, 0.1) is 0 Å². The zero-order valence-corrected chi connectivity index (χ0v) is 20.1. The highest BCUT2D eigenvalue weighted by atomic mass is 79.9. The second-order valence-corrected chi connectivity index (χ2v) is 7.56. The average molecular weight is 534 g/mol. The molecular weight excluding hydrogens is 508 g/mol. The number of halogens is 2. The molecule has 0 atom stereocenters. The highest BCUT2D eigenvalue weighted by molar-refractivity contribution is 8.93. The van der Waals surface area contributed by atoms with Crippen LogP contribution < -0.4 is 11.5 Å². The summed E-state index contributed by atoms with van der Waals surface area (Å²) >= 11 is 3.22.